The number of benzene rings is 4. The van der Waals surface area contributed by atoms with E-state index in [9.17, 15) is 0 Å². The molecule has 1 heterocycles. The van der Waals surface area contributed by atoms with Crippen molar-refractivity contribution < 1.29 is 4.74 Å². The maximum Gasteiger partial charge on any atom is 0.127 e. The van der Waals surface area contributed by atoms with Gasteiger partial charge in [0.25, 0.3) is 0 Å². The summed E-state index contributed by atoms with van der Waals surface area (Å²) in [6, 6.07) is 34.3. The van der Waals surface area contributed by atoms with Crippen molar-refractivity contribution in [2.75, 3.05) is 0 Å². The molecule has 0 aliphatic carbocycles. The zero-order valence-electron chi connectivity index (χ0n) is 14.9. The second-order valence-electron chi connectivity index (χ2n) is 6.42. The lowest BCUT2D eigenvalue weighted by molar-refractivity contribution is 0.482. The molecule has 0 atom stereocenters. The minimum Gasteiger partial charge on any atom is -0.457 e. The Bertz CT molecular complexity index is 1080. The van der Waals surface area contributed by atoms with Gasteiger partial charge in [-0.05, 0) is 100 Å². The first-order valence-corrected chi connectivity index (χ1v) is 12.2. The monoisotopic (exact) mass is 512 g/mol. The van der Waals surface area contributed by atoms with E-state index in [1.807, 2.05) is 23.9 Å². The van der Waals surface area contributed by atoms with Gasteiger partial charge in [0.2, 0.25) is 0 Å². The highest BCUT2D eigenvalue weighted by Gasteiger charge is 2.24. The number of hydrogen-bond acceptors (Lipinski definition) is 2. The van der Waals surface area contributed by atoms with Crippen molar-refractivity contribution in [1.29, 1.82) is 0 Å². The first kappa shape index (κ1) is 18.2. The van der Waals surface area contributed by atoms with Gasteiger partial charge in [0.1, 0.15) is 11.5 Å². The number of rotatable bonds is 3. The van der Waals surface area contributed by atoms with E-state index >= 15 is 0 Å². The summed E-state index contributed by atoms with van der Waals surface area (Å²) in [6.45, 7) is 0. The van der Waals surface area contributed by atoms with E-state index in [-0.39, 0.29) is 0 Å². The summed E-state index contributed by atoms with van der Waals surface area (Å²) in [5, 5.41) is 0. The van der Waals surface area contributed by atoms with Crippen LogP contribution in [-0.2, 0) is 0 Å². The van der Waals surface area contributed by atoms with Gasteiger partial charge in [-0.25, -0.2) is 0 Å². The van der Waals surface area contributed by atoms with Crippen molar-refractivity contribution in [3.05, 3.63) is 101 Å². The van der Waals surface area contributed by atoms with Crippen molar-refractivity contribution in [3.63, 3.8) is 0 Å². The second-order valence-corrected chi connectivity index (χ2v) is 10.9. The van der Waals surface area contributed by atoms with Crippen molar-refractivity contribution in [1.82, 2.24) is 0 Å². The topological polar surface area (TPSA) is 9.23 Å². The molecule has 1 aliphatic rings. The summed E-state index contributed by atoms with van der Waals surface area (Å²) in [4.78, 5) is 6.96. The van der Waals surface area contributed by atoms with E-state index < -0.39 is 10.9 Å². The number of hydrogen-bond donors (Lipinski definition) is 1. The molecule has 0 bridgehead atoms. The van der Waals surface area contributed by atoms with Crippen LogP contribution in [0.5, 0.6) is 11.5 Å². The van der Waals surface area contributed by atoms with Crippen LogP contribution in [0.2, 0.25) is 0 Å². The van der Waals surface area contributed by atoms with Crippen molar-refractivity contribution in [2.45, 2.75) is 24.5 Å². The minimum absolute atomic E-state index is 0.552. The normalized spacial score (nSPS) is 13.5. The Balaban J connectivity index is 1.50. The maximum absolute atomic E-state index is 6.01. The Morgan fingerprint density at radius 1 is 0.607 bits per heavy atom. The summed E-state index contributed by atoms with van der Waals surface area (Å²) in [7, 11) is -0.552. The van der Waals surface area contributed by atoms with Crippen molar-refractivity contribution in [2.24, 2.45) is 0 Å². The molecule has 0 amide bonds. The predicted octanol–water partition coefficient (Wildman–Crippen LogP) is 8.03. The second kappa shape index (κ2) is 7.85. The van der Waals surface area contributed by atoms with Crippen LogP contribution in [0.15, 0.2) is 122 Å². The van der Waals surface area contributed by atoms with Crippen LogP contribution < -0.4 is 4.74 Å². The Hall–Kier alpha value is -1.89. The van der Waals surface area contributed by atoms with E-state index in [0.29, 0.717) is 0 Å². The fourth-order valence-electron chi connectivity index (χ4n) is 3.28. The SMILES string of the molecule is Ic1ccc(Oc2ccc([SH]3c4ccccc4Sc4ccccc43)cc2)cc1. The molecule has 28 heavy (non-hydrogen) atoms. The molecule has 4 heteroatoms. The molecule has 4 aromatic carbocycles. The molecule has 0 saturated heterocycles. The lowest BCUT2D eigenvalue weighted by Gasteiger charge is -2.31. The zero-order chi connectivity index (χ0) is 18.9. The summed E-state index contributed by atoms with van der Waals surface area (Å²) < 4.78 is 7.22. The summed E-state index contributed by atoms with van der Waals surface area (Å²) in [6.07, 6.45) is 0. The zero-order valence-corrected chi connectivity index (χ0v) is 18.7. The fourth-order valence-corrected chi connectivity index (χ4v) is 7.66. The van der Waals surface area contributed by atoms with Gasteiger partial charge in [-0.1, -0.05) is 36.0 Å². The number of thiol groups is 1. The van der Waals surface area contributed by atoms with E-state index in [1.165, 1.54) is 28.0 Å². The highest BCUT2D eigenvalue weighted by molar-refractivity contribution is 14.1. The van der Waals surface area contributed by atoms with Crippen LogP contribution in [0.3, 0.4) is 0 Å². The average molecular weight is 512 g/mol. The van der Waals surface area contributed by atoms with Gasteiger partial charge < -0.3 is 4.74 Å². The molecule has 1 nitrogen and oxygen atoms in total. The third-order valence-electron chi connectivity index (χ3n) is 4.58. The third-order valence-corrected chi connectivity index (χ3v) is 9.31. The number of halogens is 1. The molecule has 0 fully saturated rings. The van der Waals surface area contributed by atoms with Gasteiger partial charge in [0, 0.05) is 23.2 Å². The van der Waals surface area contributed by atoms with E-state index in [2.05, 4.69) is 108 Å². The number of ether oxygens (including phenoxy) is 1. The van der Waals surface area contributed by atoms with Crippen LogP contribution in [-0.4, -0.2) is 0 Å². The van der Waals surface area contributed by atoms with Gasteiger partial charge in [-0.2, -0.15) is 10.9 Å². The Morgan fingerprint density at radius 2 is 1.11 bits per heavy atom. The minimum atomic E-state index is -0.552. The molecule has 0 aromatic heterocycles. The average Bonchev–Trinajstić information content (AvgIpc) is 2.74. The van der Waals surface area contributed by atoms with Gasteiger partial charge in [-0.3, -0.25) is 0 Å². The third kappa shape index (κ3) is 3.56. The predicted molar refractivity (Wildman–Crippen MR) is 126 cm³/mol. The highest BCUT2D eigenvalue weighted by Crippen LogP contribution is 2.61. The standard InChI is InChI=1S/C24H17IOS2/c25-17-9-11-18(12-10-17)26-19-13-15-20(16-14-19)28-23-7-3-1-5-21(23)27-22-6-2-4-8-24(22)28/h1-16,28H. The molecule has 5 rings (SSSR count). The Morgan fingerprint density at radius 3 is 1.68 bits per heavy atom. The van der Waals surface area contributed by atoms with Crippen LogP contribution in [0.1, 0.15) is 0 Å². The molecule has 0 radical (unpaired) electrons. The Labute approximate surface area is 185 Å². The lowest BCUT2D eigenvalue weighted by Crippen LogP contribution is -1.97. The molecule has 4 aromatic rings. The van der Waals surface area contributed by atoms with Crippen LogP contribution in [0.4, 0.5) is 0 Å². The first-order chi connectivity index (χ1) is 13.8. The van der Waals surface area contributed by atoms with E-state index in [0.717, 1.165) is 11.5 Å². The van der Waals surface area contributed by atoms with Crippen LogP contribution in [0, 0.1) is 3.57 Å². The fraction of sp³-hybridized carbons (Fsp3) is 0. The van der Waals surface area contributed by atoms with Crippen molar-refractivity contribution in [3.8, 4) is 11.5 Å². The molecule has 138 valence electrons. The van der Waals surface area contributed by atoms with Gasteiger partial charge in [0.15, 0.2) is 0 Å². The van der Waals surface area contributed by atoms with E-state index in [1.54, 1.807) is 0 Å². The Kier molecular flexibility index (Phi) is 5.09. The quantitative estimate of drug-likeness (QED) is 0.194. The van der Waals surface area contributed by atoms with Gasteiger partial charge in [0.05, 0.1) is 0 Å². The lowest BCUT2D eigenvalue weighted by atomic mass is 10.3. The molecular formula is C24H17IOS2. The molecule has 0 spiro atoms. The highest BCUT2D eigenvalue weighted by atomic mass is 127. The first-order valence-electron chi connectivity index (χ1n) is 8.97. The summed E-state index contributed by atoms with van der Waals surface area (Å²) in [5.74, 6) is 1.73. The molecule has 0 saturated carbocycles. The largest absolute Gasteiger partial charge is 0.457 e. The summed E-state index contributed by atoms with van der Waals surface area (Å²) in [5.41, 5.74) is 0. The van der Waals surface area contributed by atoms with Gasteiger partial charge in [-0.15, -0.1) is 0 Å². The van der Waals surface area contributed by atoms with Gasteiger partial charge >= 0.3 is 0 Å². The van der Waals surface area contributed by atoms with Crippen LogP contribution >= 0.6 is 45.2 Å². The molecule has 0 unspecified atom stereocenters. The molecular weight excluding hydrogens is 495 g/mol. The molecule has 0 N–H and O–H groups in total. The summed E-state index contributed by atoms with van der Waals surface area (Å²) >= 11 is 4.18. The smallest absolute Gasteiger partial charge is 0.127 e. The van der Waals surface area contributed by atoms with Crippen LogP contribution in [0.25, 0.3) is 0 Å². The van der Waals surface area contributed by atoms with E-state index in [4.69, 9.17) is 4.74 Å². The van der Waals surface area contributed by atoms with Crippen molar-refractivity contribution >= 4 is 45.2 Å². The molecule has 1 aliphatic heterocycles. The number of fused-ring (bicyclic) bond motifs is 2. The maximum atomic E-state index is 6.01.